The van der Waals surface area contributed by atoms with Crippen LogP contribution >= 0.6 is 39.1 Å². The molecule has 0 bridgehead atoms. The van der Waals surface area contributed by atoms with Gasteiger partial charge in [0, 0.05) is 15.7 Å². The number of rotatable bonds is 2. The number of benzene rings is 1. The van der Waals surface area contributed by atoms with E-state index in [9.17, 15) is 4.79 Å². The topological polar surface area (TPSA) is 42.0 Å². The molecule has 2 rings (SSSR count). The molecule has 0 atom stereocenters. The summed E-state index contributed by atoms with van der Waals surface area (Å²) in [4.78, 5) is 15.9. The summed E-state index contributed by atoms with van der Waals surface area (Å²) < 4.78 is 0.618. The standard InChI is InChI=1S/C12H7BrCl2N2O/c13-9-5-7(14)1-2-8(9)12(18)17-11-6-16-4-3-10(11)15/h1-6H,(H,17,18). The molecule has 92 valence electrons. The maximum atomic E-state index is 12.0. The fourth-order valence-electron chi connectivity index (χ4n) is 1.33. The summed E-state index contributed by atoms with van der Waals surface area (Å²) in [5.41, 5.74) is 0.935. The number of hydrogen-bond acceptors (Lipinski definition) is 2. The highest BCUT2D eigenvalue weighted by molar-refractivity contribution is 9.10. The van der Waals surface area contributed by atoms with Crippen molar-refractivity contribution in [1.29, 1.82) is 0 Å². The molecule has 2 aromatic rings. The van der Waals surface area contributed by atoms with Gasteiger partial charge < -0.3 is 5.32 Å². The Bertz CT molecular complexity index is 604. The third-order valence-electron chi connectivity index (χ3n) is 2.19. The zero-order valence-electron chi connectivity index (χ0n) is 8.95. The van der Waals surface area contributed by atoms with Crippen LogP contribution in [0.4, 0.5) is 5.69 Å². The normalized spacial score (nSPS) is 10.2. The lowest BCUT2D eigenvalue weighted by atomic mass is 10.2. The number of anilines is 1. The molecular formula is C12H7BrCl2N2O. The van der Waals surface area contributed by atoms with Crippen molar-refractivity contribution < 1.29 is 4.79 Å². The summed E-state index contributed by atoms with van der Waals surface area (Å²) in [5.74, 6) is -0.284. The van der Waals surface area contributed by atoms with Gasteiger partial charge in [0.25, 0.3) is 5.91 Å². The maximum absolute atomic E-state index is 12.0. The number of nitrogens with one attached hydrogen (secondary N) is 1. The molecule has 0 aliphatic carbocycles. The van der Waals surface area contributed by atoms with Gasteiger partial charge in [-0.1, -0.05) is 23.2 Å². The second-order valence-electron chi connectivity index (χ2n) is 3.43. The van der Waals surface area contributed by atoms with Gasteiger partial charge in [0.1, 0.15) is 0 Å². The molecule has 6 heteroatoms. The van der Waals surface area contributed by atoms with E-state index in [1.807, 2.05) is 0 Å². The molecule has 1 aromatic heterocycles. The lowest BCUT2D eigenvalue weighted by Crippen LogP contribution is -2.13. The van der Waals surface area contributed by atoms with E-state index in [4.69, 9.17) is 23.2 Å². The number of nitrogens with zero attached hydrogens (tertiary/aromatic N) is 1. The van der Waals surface area contributed by atoms with E-state index >= 15 is 0 Å². The zero-order valence-corrected chi connectivity index (χ0v) is 12.1. The molecule has 3 nitrogen and oxygen atoms in total. The molecule has 1 N–H and O–H groups in total. The molecule has 1 aromatic carbocycles. The first-order valence-electron chi connectivity index (χ1n) is 4.94. The van der Waals surface area contributed by atoms with Crippen molar-refractivity contribution in [3.8, 4) is 0 Å². The molecule has 0 spiro atoms. The van der Waals surface area contributed by atoms with Gasteiger partial charge in [0.15, 0.2) is 0 Å². The average molecular weight is 346 g/mol. The van der Waals surface area contributed by atoms with Crippen molar-refractivity contribution in [1.82, 2.24) is 4.98 Å². The molecule has 18 heavy (non-hydrogen) atoms. The SMILES string of the molecule is O=C(Nc1cnccc1Cl)c1ccc(Cl)cc1Br. The molecule has 1 heterocycles. The first-order valence-corrected chi connectivity index (χ1v) is 6.49. The van der Waals surface area contributed by atoms with Crippen LogP contribution in [-0.2, 0) is 0 Å². The van der Waals surface area contributed by atoms with E-state index in [2.05, 4.69) is 26.2 Å². The quantitative estimate of drug-likeness (QED) is 0.876. The Morgan fingerprint density at radius 3 is 2.72 bits per heavy atom. The monoisotopic (exact) mass is 344 g/mol. The molecule has 1 amide bonds. The van der Waals surface area contributed by atoms with Crippen LogP contribution in [-0.4, -0.2) is 10.9 Å². The van der Waals surface area contributed by atoms with Crippen LogP contribution in [0.1, 0.15) is 10.4 Å². The summed E-state index contributed by atoms with van der Waals surface area (Å²) in [5, 5.41) is 3.67. The van der Waals surface area contributed by atoms with Crippen LogP contribution in [0.2, 0.25) is 10.0 Å². The fraction of sp³-hybridized carbons (Fsp3) is 0. The number of hydrogen-bond donors (Lipinski definition) is 1. The molecular weight excluding hydrogens is 339 g/mol. The molecule has 0 aliphatic rings. The lowest BCUT2D eigenvalue weighted by molar-refractivity contribution is 0.102. The zero-order chi connectivity index (χ0) is 13.1. The minimum absolute atomic E-state index is 0.284. The highest BCUT2D eigenvalue weighted by atomic mass is 79.9. The van der Waals surface area contributed by atoms with E-state index < -0.39 is 0 Å². The van der Waals surface area contributed by atoms with Crippen LogP contribution in [0, 0.1) is 0 Å². The van der Waals surface area contributed by atoms with Crippen molar-refractivity contribution in [3.05, 3.63) is 56.7 Å². The van der Waals surface area contributed by atoms with Gasteiger partial charge >= 0.3 is 0 Å². The summed E-state index contributed by atoms with van der Waals surface area (Å²) in [6, 6.07) is 6.54. The first-order chi connectivity index (χ1) is 8.58. The minimum Gasteiger partial charge on any atom is -0.319 e. The van der Waals surface area contributed by atoms with Crippen LogP contribution in [0.25, 0.3) is 0 Å². The van der Waals surface area contributed by atoms with Gasteiger partial charge in [0.2, 0.25) is 0 Å². The Hall–Kier alpha value is -1.10. The fourth-order valence-corrected chi connectivity index (χ4v) is 2.35. The van der Waals surface area contributed by atoms with Crippen molar-refractivity contribution in [2.45, 2.75) is 0 Å². The second kappa shape index (κ2) is 5.69. The van der Waals surface area contributed by atoms with Crippen molar-refractivity contribution in [2.24, 2.45) is 0 Å². The van der Waals surface area contributed by atoms with Crippen molar-refractivity contribution in [2.75, 3.05) is 5.32 Å². The van der Waals surface area contributed by atoms with Crippen LogP contribution in [0.5, 0.6) is 0 Å². The van der Waals surface area contributed by atoms with E-state index in [0.29, 0.717) is 25.8 Å². The number of aromatic nitrogens is 1. The summed E-state index contributed by atoms with van der Waals surface area (Å²) in [7, 11) is 0. The lowest BCUT2D eigenvalue weighted by Gasteiger charge is -2.08. The first kappa shape index (κ1) is 13.3. The molecule has 0 fully saturated rings. The van der Waals surface area contributed by atoms with E-state index in [1.54, 1.807) is 30.5 Å². The van der Waals surface area contributed by atoms with Crippen molar-refractivity contribution >= 4 is 50.7 Å². The van der Waals surface area contributed by atoms with Crippen LogP contribution in [0.3, 0.4) is 0 Å². The molecule has 0 aliphatic heterocycles. The largest absolute Gasteiger partial charge is 0.319 e. The Morgan fingerprint density at radius 2 is 2.06 bits per heavy atom. The van der Waals surface area contributed by atoms with Gasteiger partial charge in [-0.15, -0.1) is 0 Å². The number of carbonyl (C=O) groups is 1. The number of pyridine rings is 1. The summed E-state index contributed by atoms with van der Waals surface area (Å²) in [6.07, 6.45) is 3.04. The highest BCUT2D eigenvalue weighted by Gasteiger charge is 2.12. The minimum atomic E-state index is -0.284. The van der Waals surface area contributed by atoms with E-state index in [-0.39, 0.29) is 5.91 Å². The second-order valence-corrected chi connectivity index (χ2v) is 5.13. The predicted octanol–water partition coefficient (Wildman–Crippen LogP) is 4.40. The highest BCUT2D eigenvalue weighted by Crippen LogP contribution is 2.24. The number of halogens is 3. The Morgan fingerprint density at radius 1 is 1.28 bits per heavy atom. The molecule has 0 saturated carbocycles. The Balaban J connectivity index is 2.25. The molecule has 0 radical (unpaired) electrons. The average Bonchev–Trinajstić information content (AvgIpc) is 2.32. The van der Waals surface area contributed by atoms with Crippen LogP contribution < -0.4 is 5.32 Å². The molecule has 0 unspecified atom stereocenters. The van der Waals surface area contributed by atoms with Crippen molar-refractivity contribution in [3.63, 3.8) is 0 Å². The summed E-state index contributed by atoms with van der Waals surface area (Å²) >= 11 is 15.0. The predicted molar refractivity (Wildman–Crippen MR) is 76.4 cm³/mol. The summed E-state index contributed by atoms with van der Waals surface area (Å²) in [6.45, 7) is 0. The van der Waals surface area contributed by atoms with Gasteiger partial charge in [0.05, 0.1) is 22.5 Å². The Kier molecular flexibility index (Phi) is 4.22. The van der Waals surface area contributed by atoms with Gasteiger partial charge in [-0.3, -0.25) is 9.78 Å². The third-order valence-corrected chi connectivity index (χ3v) is 3.41. The number of amides is 1. The number of carbonyl (C=O) groups excluding carboxylic acids is 1. The van der Waals surface area contributed by atoms with Crippen LogP contribution in [0.15, 0.2) is 41.1 Å². The van der Waals surface area contributed by atoms with E-state index in [0.717, 1.165) is 0 Å². The van der Waals surface area contributed by atoms with Gasteiger partial charge in [-0.2, -0.15) is 0 Å². The Labute approximate surface area is 122 Å². The van der Waals surface area contributed by atoms with E-state index in [1.165, 1.54) is 6.20 Å². The maximum Gasteiger partial charge on any atom is 0.256 e. The third kappa shape index (κ3) is 3.02. The molecule has 0 saturated heterocycles. The van der Waals surface area contributed by atoms with Gasteiger partial charge in [-0.05, 0) is 40.2 Å². The smallest absolute Gasteiger partial charge is 0.256 e. The van der Waals surface area contributed by atoms with Gasteiger partial charge in [-0.25, -0.2) is 0 Å².